The first-order valence-electron chi connectivity index (χ1n) is 14.3. The van der Waals surface area contributed by atoms with E-state index in [-0.39, 0.29) is 30.3 Å². The molecule has 2 atom stereocenters. The number of piperidine rings is 1. The average Bonchev–Trinajstić information content (AvgIpc) is 3.14. The highest BCUT2D eigenvalue weighted by atomic mass is 35.5. The number of likely N-dealkylation sites (tertiary alicyclic amines) is 2. The molecule has 8 heteroatoms. The molecule has 2 aliphatic heterocycles. The van der Waals surface area contributed by atoms with Gasteiger partial charge in [-0.15, -0.1) is 0 Å². The lowest BCUT2D eigenvalue weighted by Gasteiger charge is -2.37. The summed E-state index contributed by atoms with van der Waals surface area (Å²) in [6.07, 6.45) is 7.01. The maximum atomic E-state index is 14.0. The number of amides is 1. The molecule has 0 saturated carbocycles. The predicted octanol–water partition coefficient (Wildman–Crippen LogP) is 6.32. The number of nitrogens with zero attached hydrogens (tertiary/aromatic N) is 2. The van der Waals surface area contributed by atoms with Crippen LogP contribution in [0.2, 0.25) is 10.0 Å². The van der Waals surface area contributed by atoms with E-state index >= 15 is 0 Å². The van der Waals surface area contributed by atoms with Crippen molar-refractivity contribution in [3.63, 3.8) is 0 Å². The van der Waals surface area contributed by atoms with E-state index in [1.165, 1.54) is 25.7 Å². The monoisotopic (exact) mass is 567 g/mol. The lowest BCUT2D eigenvalue weighted by atomic mass is 9.75. The molecule has 1 aromatic carbocycles. The molecule has 0 aliphatic carbocycles. The normalized spacial score (nSPS) is 23.5. The molecule has 214 valence electrons. The fraction of sp³-hybridized carbons (Fsp3) is 0.733. The molecule has 2 saturated heterocycles. The van der Waals surface area contributed by atoms with Crippen molar-refractivity contribution in [2.75, 3.05) is 32.7 Å². The van der Waals surface area contributed by atoms with Crippen LogP contribution in [0, 0.1) is 11.3 Å². The van der Waals surface area contributed by atoms with Gasteiger partial charge in [0.1, 0.15) is 5.60 Å². The molecule has 1 amide bonds. The number of benzene rings is 1. The average molecular weight is 569 g/mol. The second kappa shape index (κ2) is 13.8. The lowest BCUT2D eigenvalue weighted by molar-refractivity contribution is -0.161. The van der Waals surface area contributed by atoms with E-state index in [4.69, 9.17) is 27.9 Å². The van der Waals surface area contributed by atoms with Crippen molar-refractivity contribution in [3.05, 3.63) is 33.8 Å². The van der Waals surface area contributed by atoms with Crippen LogP contribution in [0.1, 0.15) is 85.1 Å². The van der Waals surface area contributed by atoms with Crippen molar-refractivity contribution in [3.8, 4) is 0 Å². The fourth-order valence-electron chi connectivity index (χ4n) is 5.84. The zero-order chi connectivity index (χ0) is 27.9. The van der Waals surface area contributed by atoms with Crippen molar-refractivity contribution >= 4 is 35.1 Å². The van der Waals surface area contributed by atoms with Gasteiger partial charge in [-0.25, -0.2) is 0 Å². The molecular weight excluding hydrogens is 521 g/mol. The fourth-order valence-corrected chi connectivity index (χ4v) is 6.36. The smallest absolute Gasteiger partial charge is 0.307 e. The van der Waals surface area contributed by atoms with Crippen LogP contribution in [-0.2, 0) is 20.9 Å². The number of carbonyl (C=O) groups excluding carboxylic acids is 2. The van der Waals surface area contributed by atoms with Gasteiger partial charge < -0.3 is 15.0 Å². The maximum absolute atomic E-state index is 14.0. The summed E-state index contributed by atoms with van der Waals surface area (Å²) in [5, 5.41) is 4.58. The van der Waals surface area contributed by atoms with Crippen molar-refractivity contribution in [2.24, 2.45) is 11.3 Å². The van der Waals surface area contributed by atoms with Crippen LogP contribution in [0.15, 0.2) is 18.2 Å². The van der Waals surface area contributed by atoms with E-state index in [0.29, 0.717) is 29.7 Å². The van der Waals surface area contributed by atoms with Gasteiger partial charge in [-0.1, -0.05) is 62.4 Å². The first-order valence-corrected chi connectivity index (χ1v) is 15.1. The minimum Gasteiger partial charge on any atom is -0.460 e. The van der Waals surface area contributed by atoms with Gasteiger partial charge in [0.2, 0.25) is 5.91 Å². The summed E-state index contributed by atoms with van der Waals surface area (Å²) in [6, 6.07) is 5.62. The van der Waals surface area contributed by atoms with Crippen molar-refractivity contribution in [2.45, 2.75) is 97.8 Å². The Morgan fingerprint density at radius 1 is 1.08 bits per heavy atom. The third-order valence-corrected chi connectivity index (χ3v) is 8.72. The van der Waals surface area contributed by atoms with E-state index in [2.05, 4.69) is 29.0 Å². The van der Waals surface area contributed by atoms with Gasteiger partial charge in [-0.2, -0.15) is 0 Å². The maximum Gasteiger partial charge on any atom is 0.307 e. The Kier molecular flexibility index (Phi) is 11.4. The molecule has 1 aromatic rings. The largest absolute Gasteiger partial charge is 0.460 e. The number of ether oxygens (including phenoxy) is 1. The number of unbranched alkanes of at least 4 members (excludes halogenated alkanes) is 3. The quantitative estimate of drug-likeness (QED) is 0.250. The molecule has 3 rings (SSSR count). The Balaban J connectivity index is 1.69. The summed E-state index contributed by atoms with van der Waals surface area (Å²) >= 11 is 12.9. The third-order valence-electron chi connectivity index (χ3n) is 8.01. The number of hydrogen-bond donors (Lipinski definition) is 1. The van der Waals surface area contributed by atoms with Gasteiger partial charge in [0.25, 0.3) is 0 Å². The van der Waals surface area contributed by atoms with E-state index in [0.717, 1.165) is 38.0 Å². The van der Waals surface area contributed by atoms with Gasteiger partial charge >= 0.3 is 5.97 Å². The minimum atomic E-state index is -0.868. The molecule has 0 aromatic heterocycles. The SMILES string of the molecule is CCCCCCN1CCC(NC(=O)[C@]2(CC(=O)OC(C)(C)C)CN(Cc3c(Cl)cccc3Cl)C[C@@H]2C)CC1. The van der Waals surface area contributed by atoms with Crippen LogP contribution in [0.4, 0.5) is 0 Å². The molecular formula is C30H47Cl2N3O3. The summed E-state index contributed by atoms with van der Waals surface area (Å²) in [5.41, 5.74) is -0.624. The molecule has 2 fully saturated rings. The van der Waals surface area contributed by atoms with Crippen LogP contribution in [0.3, 0.4) is 0 Å². The zero-order valence-electron chi connectivity index (χ0n) is 24.0. The number of esters is 1. The first-order chi connectivity index (χ1) is 17.9. The molecule has 1 N–H and O–H groups in total. The van der Waals surface area contributed by atoms with Crippen LogP contribution in [-0.4, -0.2) is 66.0 Å². The Labute approximate surface area is 239 Å². The van der Waals surface area contributed by atoms with Gasteiger partial charge in [0.05, 0.1) is 11.8 Å². The van der Waals surface area contributed by atoms with Crippen LogP contribution in [0.5, 0.6) is 0 Å². The standard InChI is InChI=1S/C30H47Cl2N3O3/c1-6-7-8-9-15-34-16-13-23(14-17-34)33-28(37)30(18-27(36)38-29(3,4)5)21-35(19-22(30)2)20-24-25(31)11-10-12-26(24)32/h10-12,22-23H,6-9,13-21H2,1-5H3,(H,33,37)/t22-,30+/m0/s1. The third kappa shape index (κ3) is 8.58. The van der Waals surface area contributed by atoms with E-state index in [9.17, 15) is 9.59 Å². The molecule has 0 bridgehead atoms. The Morgan fingerprint density at radius 3 is 2.34 bits per heavy atom. The number of rotatable bonds is 11. The van der Waals surface area contributed by atoms with E-state index in [1.807, 2.05) is 39.0 Å². The summed E-state index contributed by atoms with van der Waals surface area (Å²) < 4.78 is 5.69. The highest BCUT2D eigenvalue weighted by Crippen LogP contribution is 2.42. The van der Waals surface area contributed by atoms with Crippen LogP contribution in [0.25, 0.3) is 0 Å². The van der Waals surface area contributed by atoms with E-state index < -0.39 is 11.0 Å². The first kappa shape index (κ1) is 31.2. The Bertz CT molecular complexity index is 923. The van der Waals surface area contributed by atoms with Gasteiger partial charge in [0.15, 0.2) is 0 Å². The summed E-state index contributed by atoms with van der Waals surface area (Å²) in [5.74, 6) is -0.404. The number of halogens is 2. The lowest BCUT2D eigenvalue weighted by Crippen LogP contribution is -2.53. The van der Waals surface area contributed by atoms with E-state index in [1.54, 1.807) is 0 Å². The second-order valence-electron chi connectivity index (χ2n) is 12.3. The number of nitrogens with one attached hydrogen (secondary N) is 1. The molecule has 38 heavy (non-hydrogen) atoms. The van der Waals surface area contributed by atoms with Crippen molar-refractivity contribution in [1.29, 1.82) is 0 Å². The molecule has 2 heterocycles. The van der Waals surface area contributed by atoms with Crippen LogP contribution < -0.4 is 5.32 Å². The number of carbonyl (C=O) groups is 2. The van der Waals surface area contributed by atoms with Crippen molar-refractivity contribution in [1.82, 2.24) is 15.1 Å². The topological polar surface area (TPSA) is 61.9 Å². The van der Waals surface area contributed by atoms with Gasteiger partial charge in [0, 0.05) is 54.4 Å². The highest BCUT2D eigenvalue weighted by molar-refractivity contribution is 6.35. The summed E-state index contributed by atoms with van der Waals surface area (Å²) in [6.45, 7) is 14.7. The molecule has 0 radical (unpaired) electrons. The molecule has 0 unspecified atom stereocenters. The Morgan fingerprint density at radius 2 is 1.74 bits per heavy atom. The molecule has 0 spiro atoms. The summed E-state index contributed by atoms with van der Waals surface area (Å²) in [4.78, 5) is 31.8. The molecule has 6 nitrogen and oxygen atoms in total. The summed E-state index contributed by atoms with van der Waals surface area (Å²) in [7, 11) is 0. The van der Waals surface area contributed by atoms with Crippen molar-refractivity contribution < 1.29 is 14.3 Å². The Hall–Kier alpha value is -1.34. The zero-order valence-corrected chi connectivity index (χ0v) is 25.5. The number of hydrogen-bond acceptors (Lipinski definition) is 5. The van der Waals surface area contributed by atoms with Crippen LogP contribution >= 0.6 is 23.2 Å². The van der Waals surface area contributed by atoms with Gasteiger partial charge in [-0.3, -0.25) is 14.5 Å². The minimum absolute atomic E-state index is 0.0325. The predicted molar refractivity (Wildman–Crippen MR) is 156 cm³/mol. The second-order valence-corrected chi connectivity index (χ2v) is 13.2. The highest BCUT2D eigenvalue weighted by Gasteiger charge is 2.52. The molecule has 2 aliphatic rings. The van der Waals surface area contributed by atoms with Gasteiger partial charge in [-0.05, 0) is 64.6 Å².